The number of nitro groups is 1. The van der Waals surface area contributed by atoms with E-state index >= 15 is 0 Å². The van der Waals surface area contributed by atoms with Crippen molar-refractivity contribution in [3.8, 4) is 0 Å². The zero-order chi connectivity index (χ0) is 16.7. The number of nitrogens with one attached hydrogen (secondary N) is 2. The Balaban J connectivity index is 2.79. The van der Waals surface area contributed by atoms with Gasteiger partial charge in [-0.15, -0.1) is 0 Å². The number of hydrazone groups is 1. The van der Waals surface area contributed by atoms with Gasteiger partial charge < -0.3 is 10.1 Å². The molecule has 0 saturated heterocycles. The topological polar surface area (TPSA) is 123 Å². The van der Waals surface area contributed by atoms with Crippen LogP contribution in [-0.4, -0.2) is 29.2 Å². The molecule has 0 saturated carbocycles. The molecule has 0 heterocycles. The predicted octanol–water partition coefficient (Wildman–Crippen LogP) is 1.67. The summed E-state index contributed by atoms with van der Waals surface area (Å²) in [6.07, 6.45) is 0. The highest BCUT2D eigenvalue weighted by Crippen LogP contribution is 2.27. The average Bonchev–Trinajstić information content (AvgIpc) is 2.45. The Labute approximate surface area is 130 Å². The predicted molar refractivity (Wildman–Crippen MR) is 79.6 cm³/mol. The molecule has 0 atom stereocenters. The summed E-state index contributed by atoms with van der Waals surface area (Å²) in [7, 11) is 0. The SMILES string of the molecule is CCOC(=O)C(=O)N/C(C)=N/Nc1cc(Cl)ccc1[N+](=O)[O-]. The number of anilines is 1. The van der Waals surface area contributed by atoms with Crippen LogP contribution in [0, 0.1) is 10.1 Å². The summed E-state index contributed by atoms with van der Waals surface area (Å²) in [6.45, 7) is 3.02. The van der Waals surface area contributed by atoms with Gasteiger partial charge in [0.05, 0.1) is 11.5 Å². The maximum absolute atomic E-state index is 11.4. The lowest BCUT2D eigenvalue weighted by molar-refractivity contribution is -0.384. The highest BCUT2D eigenvalue weighted by molar-refractivity contribution is 6.35. The van der Waals surface area contributed by atoms with E-state index in [0.717, 1.165) is 0 Å². The van der Waals surface area contributed by atoms with Gasteiger partial charge in [0, 0.05) is 11.1 Å². The lowest BCUT2D eigenvalue weighted by atomic mass is 10.3. The highest BCUT2D eigenvalue weighted by atomic mass is 35.5. The zero-order valence-corrected chi connectivity index (χ0v) is 12.5. The fraction of sp³-hybridized carbons (Fsp3) is 0.250. The van der Waals surface area contributed by atoms with E-state index in [-0.39, 0.29) is 28.8 Å². The molecule has 0 spiro atoms. The molecule has 22 heavy (non-hydrogen) atoms. The molecule has 0 fully saturated rings. The molecule has 0 unspecified atom stereocenters. The van der Waals surface area contributed by atoms with Gasteiger partial charge in [0.2, 0.25) is 0 Å². The zero-order valence-electron chi connectivity index (χ0n) is 11.8. The monoisotopic (exact) mass is 328 g/mol. The number of amides is 1. The van der Waals surface area contributed by atoms with Crippen molar-refractivity contribution in [2.24, 2.45) is 5.10 Å². The van der Waals surface area contributed by atoms with Crippen LogP contribution < -0.4 is 10.7 Å². The second-order valence-corrected chi connectivity index (χ2v) is 4.34. The minimum Gasteiger partial charge on any atom is -0.459 e. The number of esters is 1. The summed E-state index contributed by atoms with van der Waals surface area (Å²) in [5, 5.41) is 17.0. The molecule has 0 aliphatic carbocycles. The lowest BCUT2D eigenvalue weighted by Crippen LogP contribution is -2.36. The van der Waals surface area contributed by atoms with Gasteiger partial charge in [0.15, 0.2) is 0 Å². The lowest BCUT2D eigenvalue weighted by Gasteiger charge is -2.06. The molecule has 2 N–H and O–H groups in total. The first-order chi connectivity index (χ1) is 10.3. The fourth-order valence-electron chi connectivity index (χ4n) is 1.34. The van der Waals surface area contributed by atoms with Crippen LogP contribution in [0.3, 0.4) is 0 Å². The van der Waals surface area contributed by atoms with Crippen molar-refractivity contribution in [2.45, 2.75) is 13.8 Å². The van der Waals surface area contributed by atoms with E-state index in [1.165, 1.54) is 25.1 Å². The molecule has 1 aromatic rings. The first-order valence-corrected chi connectivity index (χ1v) is 6.45. The molecule has 0 radical (unpaired) electrons. The maximum atomic E-state index is 11.4. The molecule has 1 amide bonds. The number of nitro benzene ring substituents is 1. The number of benzene rings is 1. The van der Waals surface area contributed by atoms with E-state index in [1.54, 1.807) is 6.92 Å². The van der Waals surface area contributed by atoms with Gasteiger partial charge in [-0.25, -0.2) is 4.79 Å². The molecule has 1 aromatic carbocycles. The van der Waals surface area contributed by atoms with E-state index in [9.17, 15) is 19.7 Å². The van der Waals surface area contributed by atoms with Crippen LogP contribution in [-0.2, 0) is 14.3 Å². The summed E-state index contributed by atoms with van der Waals surface area (Å²) in [6, 6.07) is 3.89. The standard InChI is InChI=1S/C12H13ClN4O5/c1-3-22-12(19)11(18)14-7(2)15-16-9-6-8(13)4-5-10(9)17(20)21/h4-6,16H,3H2,1-2H3,(H,14,15,18). The number of amidine groups is 1. The van der Waals surface area contributed by atoms with E-state index in [4.69, 9.17) is 11.6 Å². The Morgan fingerprint density at radius 3 is 2.73 bits per heavy atom. The minimum atomic E-state index is -1.05. The van der Waals surface area contributed by atoms with Gasteiger partial charge in [0.1, 0.15) is 11.5 Å². The van der Waals surface area contributed by atoms with Gasteiger partial charge in [-0.05, 0) is 26.0 Å². The maximum Gasteiger partial charge on any atom is 0.397 e. The number of hydrogen-bond acceptors (Lipinski definition) is 7. The summed E-state index contributed by atoms with van der Waals surface area (Å²) in [4.78, 5) is 32.7. The number of carbonyl (C=O) groups is 2. The van der Waals surface area contributed by atoms with E-state index in [0.29, 0.717) is 0 Å². The molecule has 118 valence electrons. The summed E-state index contributed by atoms with van der Waals surface area (Å²) < 4.78 is 4.50. The van der Waals surface area contributed by atoms with Crippen molar-refractivity contribution in [3.63, 3.8) is 0 Å². The van der Waals surface area contributed by atoms with Crippen molar-refractivity contribution in [2.75, 3.05) is 12.0 Å². The molecule has 9 nitrogen and oxygen atoms in total. The number of rotatable bonds is 4. The van der Waals surface area contributed by atoms with Crippen molar-refractivity contribution >= 4 is 40.7 Å². The molecular weight excluding hydrogens is 316 g/mol. The van der Waals surface area contributed by atoms with Crippen molar-refractivity contribution in [1.29, 1.82) is 0 Å². The summed E-state index contributed by atoms with van der Waals surface area (Å²) in [5.74, 6) is -2.02. The Morgan fingerprint density at radius 1 is 1.45 bits per heavy atom. The summed E-state index contributed by atoms with van der Waals surface area (Å²) >= 11 is 5.76. The third kappa shape index (κ3) is 5.02. The first-order valence-electron chi connectivity index (χ1n) is 6.07. The van der Waals surface area contributed by atoms with Gasteiger partial charge in [-0.3, -0.25) is 20.3 Å². The second-order valence-electron chi connectivity index (χ2n) is 3.90. The molecule has 0 bridgehead atoms. The fourth-order valence-corrected chi connectivity index (χ4v) is 1.51. The molecule has 10 heteroatoms. The second kappa shape index (κ2) is 7.93. The van der Waals surface area contributed by atoms with E-state index in [1.807, 2.05) is 0 Å². The normalized spacial score (nSPS) is 10.8. The number of nitrogens with zero attached hydrogens (tertiary/aromatic N) is 2. The Bertz CT molecular complexity index is 632. The first kappa shape index (κ1) is 17.4. The van der Waals surface area contributed by atoms with E-state index < -0.39 is 16.8 Å². The Hall–Kier alpha value is -2.68. The third-order valence-corrected chi connectivity index (χ3v) is 2.49. The van der Waals surface area contributed by atoms with Gasteiger partial charge in [-0.1, -0.05) is 11.6 Å². The minimum absolute atomic E-state index is 0.0207. The van der Waals surface area contributed by atoms with Gasteiger partial charge in [0.25, 0.3) is 5.69 Å². The number of hydrogen-bond donors (Lipinski definition) is 2. The summed E-state index contributed by atoms with van der Waals surface area (Å²) in [5.41, 5.74) is 2.21. The van der Waals surface area contributed by atoms with Crippen LogP contribution in [0.25, 0.3) is 0 Å². The van der Waals surface area contributed by atoms with Crippen LogP contribution in [0.5, 0.6) is 0 Å². The number of ether oxygens (including phenoxy) is 1. The van der Waals surface area contributed by atoms with Gasteiger partial charge in [-0.2, -0.15) is 5.10 Å². The smallest absolute Gasteiger partial charge is 0.397 e. The average molecular weight is 329 g/mol. The molecule has 0 aromatic heterocycles. The largest absolute Gasteiger partial charge is 0.459 e. The van der Waals surface area contributed by atoms with Crippen LogP contribution in [0.4, 0.5) is 11.4 Å². The number of halogens is 1. The Morgan fingerprint density at radius 2 is 2.14 bits per heavy atom. The van der Waals surface area contributed by atoms with Crippen molar-refractivity contribution in [3.05, 3.63) is 33.3 Å². The van der Waals surface area contributed by atoms with Crippen molar-refractivity contribution in [1.82, 2.24) is 5.32 Å². The number of carbonyl (C=O) groups excluding carboxylic acids is 2. The molecule has 0 aliphatic heterocycles. The van der Waals surface area contributed by atoms with Crippen LogP contribution in [0.2, 0.25) is 5.02 Å². The van der Waals surface area contributed by atoms with Crippen LogP contribution >= 0.6 is 11.6 Å². The molecular formula is C12H13ClN4O5. The highest BCUT2D eigenvalue weighted by Gasteiger charge is 2.16. The van der Waals surface area contributed by atoms with E-state index in [2.05, 4.69) is 20.6 Å². The van der Waals surface area contributed by atoms with Gasteiger partial charge >= 0.3 is 11.9 Å². The van der Waals surface area contributed by atoms with Crippen LogP contribution in [0.1, 0.15) is 13.8 Å². The molecule has 1 rings (SSSR count). The quantitative estimate of drug-likeness (QED) is 0.216. The molecule has 0 aliphatic rings. The Kier molecular flexibility index (Phi) is 6.26. The van der Waals surface area contributed by atoms with Crippen molar-refractivity contribution < 1.29 is 19.2 Å². The third-order valence-electron chi connectivity index (χ3n) is 2.25. The van der Waals surface area contributed by atoms with Crippen LogP contribution in [0.15, 0.2) is 23.3 Å².